The van der Waals surface area contributed by atoms with Crippen LogP contribution in [0.4, 0.5) is 0 Å². The smallest absolute Gasteiger partial charge is 0.243 e. The third kappa shape index (κ3) is 5.38. The van der Waals surface area contributed by atoms with E-state index < -0.39 is 15.6 Å². The molecule has 0 atom stereocenters. The molecule has 118 valence electrons. The van der Waals surface area contributed by atoms with Crippen molar-refractivity contribution in [1.82, 2.24) is 14.9 Å². The number of carbonyl (C=O) groups is 1. The highest BCUT2D eigenvalue weighted by Crippen LogP contribution is 2.22. The predicted octanol–water partition coefficient (Wildman–Crippen LogP) is 0.162. The molecule has 0 spiro atoms. The van der Waals surface area contributed by atoms with Crippen molar-refractivity contribution < 1.29 is 13.2 Å². The molecule has 1 rings (SSSR count). The third-order valence-electron chi connectivity index (χ3n) is 3.68. The molecule has 6 nitrogen and oxygen atoms in total. The average Bonchev–Trinajstić information content (AvgIpc) is 2.33. The zero-order valence-corrected chi connectivity index (χ0v) is 13.7. The lowest BCUT2D eigenvalue weighted by molar-refractivity contribution is -0.137. The first-order chi connectivity index (χ1) is 9.15. The number of likely N-dealkylation sites (tertiary alicyclic amines) is 1. The Hall–Kier alpha value is -0.660. The van der Waals surface area contributed by atoms with Gasteiger partial charge in [-0.3, -0.25) is 4.79 Å². The van der Waals surface area contributed by atoms with Crippen molar-refractivity contribution in [1.29, 1.82) is 0 Å². The lowest BCUT2D eigenvalue weighted by Gasteiger charge is -2.37. The van der Waals surface area contributed by atoms with E-state index in [-0.39, 0.29) is 5.91 Å². The molecule has 1 amide bonds. The molecule has 0 saturated carbocycles. The summed E-state index contributed by atoms with van der Waals surface area (Å²) in [5.74, 6) is 0.507. The Balaban J connectivity index is 2.54. The summed E-state index contributed by atoms with van der Waals surface area (Å²) >= 11 is 0. The van der Waals surface area contributed by atoms with Gasteiger partial charge in [-0.1, -0.05) is 0 Å². The molecule has 0 unspecified atom stereocenters. The number of nitrogens with zero attached hydrogens (tertiary/aromatic N) is 1. The van der Waals surface area contributed by atoms with Gasteiger partial charge in [-0.05, 0) is 52.6 Å². The molecule has 7 heteroatoms. The number of hydrogen-bond acceptors (Lipinski definition) is 4. The van der Waals surface area contributed by atoms with E-state index in [1.165, 1.54) is 0 Å². The van der Waals surface area contributed by atoms with Gasteiger partial charge in [0.2, 0.25) is 15.9 Å². The van der Waals surface area contributed by atoms with Crippen molar-refractivity contribution in [2.24, 2.45) is 5.92 Å². The fourth-order valence-corrected chi connectivity index (χ4v) is 3.69. The van der Waals surface area contributed by atoms with Gasteiger partial charge >= 0.3 is 0 Å². The summed E-state index contributed by atoms with van der Waals surface area (Å²) in [7, 11) is -1.45. The van der Waals surface area contributed by atoms with Crippen LogP contribution in [0.15, 0.2) is 0 Å². The van der Waals surface area contributed by atoms with Gasteiger partial charge in [0, 0.05) is 13.1 Å². The quantitative estimate of drug-likeness (QED) is 0.733. The second-order valence-corrected chi connectivity index (χ2v) is 7.88. The number of amides is 1. The second-order valence-electron chi connectivity index (χ2n) is 6.13. The summed E-state index contributed by atoms with van der Waals surface area (Å²) in [5.41, 5.74) is -1.08. The van der Waals surface area contributed by atoms with E-state index in [1.54, 1.807) is 18.7 Å². The van der Waals surface area contributed by atoms with E-state index in [4.69, 9.17) is 0 Å². The fraction of sp³-hybridized carbons (Fsp3) is 0.923. The number of piperidine rings is 1. The van der Waals surface area contributed by atoms with Crippen LogP contribution in [0.3, 0.4) is 0 Å². The van der Waals surface area contributed by atoms with Crippen molar-refractivity contribution in [3.63, 3.8) is 0 Å². The van der Waals surface area contributed by atoms with Gasteiger partial charge in [-0.15, -0.1) is 0 Å². The van der Waals surface area contributed by atoms with Crippen molar-refractivity contribution >= 4 is 15.9 Å². The number of carbonyl (C=O) groups excluding carboxylic acids is 1. The van der Waals surface area contributed by atoms with Gasteiger partial charge in [0.1, 0.15) is 5.54 Å². The molecule has 0 aliphatic carbocycles. The van der Waals surface area contributed by atoms with E-state index in [0.717, 1.165) is 32.1 Å². The maximum Gasteiger partial charge on any atom is 0.243 e. The first-order valence-electron chi connectivity index (χ1n) is 7.08. The maximum absolute atomic E-state index is 12.4. The Morgan fingerprint density at radius 2 is 1.85 bits per heavy atom. The molecule has 0 aromatic rings. The normalized spacial score (nSPS) is 18.3. The minimum absolute atomic E-state index is 0.144. The van der Waals surface area contributed by atoms with Crippen LogP contribution in [0.1, 0.15) is 33.1 Å². The predicted molar refractivity (Wildman–Crippen MR) is 79.9 cm³/mol. The largest absolute Gasteiger partial charge is 0.341 e. The molecular formula is C13H27N3O3S. The van der Waals surface area contributed by atoms with Crippen LogP contribution in [0.2, 0.25) is 0 Å². The lowest BCUT2D eigenvalue weighted by atomic mass is 9.92. The first-order valence-corrected chi connectivity index (χ1v) is 8.98. The molecule has 0 aromatic heterocycles. The molecule has 0 aromatic carbocycles. The third-order valence-corrected chi connectivity index (χ3v) is 4.56. The summed E-state index contributed by atoms with van der Waals surface area (Å²) in [4.78, 5) is 14.2. The maximum atomic E-state index is 12.4. The van der Waals surface area contributed by atoms with Crippen LogP contribution < -0.4 is 10.0 Å². The topological polar surface area (TPSA) is 78.5 Å². The highest BCUT2D eigenvalue weighted by atomic mass is 32.2. The molecule has 1 aliphatic rings. The van der Waals surface area contributed by atoms with Crippen LogP contribution in [0.25, 0.3) is 0 Å². The summed E-state index contributed by atoms with van der Waals surface area (Å²) in [6.45, 7) is 5.65. The zero-order valence-electron chi connectivity index (χ0n) is 12.9. The van der Waals surface area contributed by atoms with Crippen LogP contribution in [0.5, 0.6) is 0 Å². The van der Waals surface area contributed by atoms with Crippen LogP contribution in [-0.4, -0.2) is 57.7 Å². The van der Waals surface area contributed by atoms with Crippen LogP contribution in [-0.2, 0) is 14.8 Å². The van der Waals surface area contributed by atoms with Gasteiger partial charge in [-0.2, -0.15) is 0 Å². The molecule has 1 aliphatic heterocycles. The molecule has 1 saturated heterocycles. The molecular weight excluding hydrogens is 278 g/mol. The Kier molecular flexibility index (Phi) is 5.97. The van der Waals surface area contributed by atoms with Gasteiger partial charge in [-0.25, -0.2) is 13.1 Å². The standard InChI is InChI=1S/C13H27N3O3S/c1-13(2,15-20(4,18)19)12(17)16-9-6-11(7-10-16)5-8-14-3/h11,14-15H,5-10H2,1-4H3. The highest BCUT2D eigenvalue weighted by molar-refractivity contribution is 7.88. The number of hydrogen-bond donors (Lipinski definition) is 2. The van der Waals surface area contributed by atoms with Gasteiger partial charge in [0.25, 0.3) is 0 Å². The van der Waals surface area contributed by atoms with Crippen LogP contribution in [0, 0.1) is 5.92 Å². The Bertz CT molecular complexity index is 426. The van der Waals surface area contributed by atoms with Crippen molar-refractivity contribution in [2.45, 2.75) is 38.6 Å². The Morgan fingerprint density at radius 3 is 2.30 bits per heavy atom. The van der Waals surface area contributed by atoms with Crippen molar-refractivity contribution in [3.05, 3.63) is 0 Å². The summed E-state index contributed by atoms with van der Waals surface area (Å²) in [5, 5.41) is 3.14. The van der Waals surface area contributed by atoms with Crippen LogP contribution >= 0.6 is 0 Å². The summed E-state index contributed by atoms with van der Waals surface area (Å²) in [6.07, 6.45) is 4.18. The van der Waals surface area contributed by atoms with E-state index in [0.29, 0.717) is 19.0 Å². The number of nitrogens with one attached hydrogen (secondary N) is 2. The minimum Gasteiger partial charge on any atom is -0.341 e. The molecule has 1 heterocycles. The zero-order chi connectivity index (χ0) is 15.4. The summed E-state index contributed by atoms with van der Waals surface area (Å²) in [6, 6.07) is 0. The van der Waals surface area contributed by atoms with Crippen molar-refractivity contribution in [2.75, 3.05) is 32.9 Å². The number of rotatable bonds is 6. The first kappa shape index (κ1) is 17.4. The monoisotopic (exact) mass is 305 g/mol. The van der Waals surface area contributed by atoms with Gasteiger partial charge in [0.05, 0.1) is 6.26 Å². The fourth-order valence-electron chi connectivity index (χ4n) is 2.68. The van der Waals surface area contributed by atoms with Gasteiger partial charge < -0.3 is 10.2 Å². The van der Waals surface area contributed by atoms with Crippen molar-refractivity contribution in [3.8, 4) is 0 Å². The molecule has 1 fully saturated rings. The van der Waals surface area contributed by atoms with E-state index in [1.807, 2.05) is 7.05 Å². The van der Waals surface area contributed by atoms with Gasteiger partial charge in [0.15, 0.2) is 0 Å². The Morgan fingerprint density at radius 1 is 1.30 bits per heavy atom. The minimum atomic E-state index is -3.39. The Labute approximate surface area is 122 Å². The van der Waals surface area contributed by atoms with E-state index in [9.17, 15) is 13.2 Å². The highest BCUT2D eigenvalue weighted by Gasteiger charge is 2.35. The molecule has 20 heavy (non-hydrogen) atoms. The average molecular weight is 305 g/mol. The molecule has 0 radical (unpaired) electrons. The number of sulfonamides is 1. The van der Waals surface area contributed by atoms with E-state index >= 15 is 0 Å². The molecule has 2 N–H and O–H groups in total. The second kappa shape index (κ2) is 6.87. The van der Waals surface area contributed by atoms with E-state index in [2.05, 4.69) is 10.0 Å². The summed E-state index contributed by atoms with van der Waals surface area (Å²) < 4.78 is 25.0. The SMILES string of the molecule is CNCCC1CCN(C(=O)C(C)(C)NS(C)(=O)=O)CC1. The lowest BCUT2D eigenvalue weighted by Crippen LogP contribution is -2.57. The molecule has 0 bridgehead atoms.